The number of methoxy groups -OCH3 is 1. The molecule has 174 valence electrons. The Labute approximate surface area is 199 Å². The summed E-state index contributed by atoms with van der Waals surface area (Å²) in [4.78, 5) is 20.0. The van der Waals surface area contributed by atoms with Gasteiger partial charge in [-0.25, -0.2) is 9.37 Å². The van der Waals surface area contributed by atoms with E-state index in [1.807, 2.05) is 46.9 Å². The van der Waals surface area contributed by atoms with Gasteiger partial charge in [0.05, 0.1) is 30.9 Å². The number of ether oxygens (including phenoxy) is 1. The van der Waals surface area contributed by atoms with E-state index in [4.69, 9.17) is 4.74 Å². The summed E-state index contributed by atoms with van der Waals surface area (Å²) in [6, 6.07) is 12.4. The Kier molecular flexibility index (Phi) is 6.05. The van der Waals surface area contributed by atoms with Gasteiger partial charge in [0.2, 0.25) is 0 Å². The van der Waals surface area contributed by atoms with Crippen molar-refractivity contribution in [2.75, 3.05) is 7.11 Å². The van der Waals surface area contributed by atoms with Crippen LogP contribution in [0.1, 0.15) is 55.0 Å². The number of hydrogen-bond donors (Lipinski definition) is 0. The number of benzene rings is 2. The van der Waals surface area contributed by atoms with Gasteiger partial charge in [0.25, 0.3) is 5.91 Å². The fourth-order valence-corrected chi connectivity index (χ4v) is 4.94. The second-order valence-corrected chi connectivity index (χ2v) is 8.89. The number of carbonyl (C=O) groups is 1. The molecule has 5 rings (SSSR count). The van der Waals surface area contributed by atoms with Gasteiger partial charge >= 0.3 is 0 Å². The number of imidazole rings is 1. The van der Waals surface area contributed by atoms with Crippen LogP contribution in [-0.4, -0.2) is 27.5 Å². The molecule has 1 aromatic heterocycles. The summed E-state index contributed by atoms with van der Waals surface area (Å²) >= 11 is 0. The average molecular weight is 458 g/mol. The lowest BCUT2D eigenvalue weighted by Crippen LogP contribution is -2.37. The molecule has 0 N–H and O–H groups in total. The first-order chi connectivity index (χ1) is 16.5. The van der Waals surface area contributed by atoms with E-state index in [2.05, 4.69) is 11.1 Å². The molecule has 0 bridgehead atoms. The van der Waals surface area contributed by atoms with Gasteiger partial charge in [-0.15, -0.1) is 0 Å². The lowest BCUT2D eigenvalue weighted by atomic mass is 9.92. The summed E-state index contributed by atoms with van der Waals surface area (Å²) in [6.45, 7) is 1.95. The predicted molar refractivity (Wildman–Crippen MR) is 130 cm³/mol. The maximum absolute atomic E-state index is 13.8. The van der Waals surface area contributed by atoms with Gasteiger partial charge in [-0.1, -0.05) is 24.3 Å². The second-order valence-electron chi connectivity index (χ2n) is 8.89. The number of aromatic nitrogens is 2. The number of aryl methyl sites for hydroxylation is 1. The zero-order valence-electron chi connectivity index (χ0n) is 19.5. The molecule has 0 aliphatic carbocycles. The molecule has 0 spiro atoms. The predicted octanol–water partition coefficient (Wildman–Crippen LogP) is 6.14. The van der Waals surface area contributed by atoms with Crippen molar-refractivity contribution < 1.29 is 13.9 Å². The Balaban J connectivity index is 1.48. The van der Waals surface area contributed by atoms with Crippen LogP contribution in [0, 0.1) is 12.7 Å². The number of hydrogen-bond acceptors (Lipinski definition) is 3. The monoisotopic (exact) mass is 457 g/mol. The van der Waals surface area contributed by atoms with Crippen molar-refractivity contribution in [3.05, 3.63) is 95.0 Å². The minimum Gasteiger partial charge on any atom is -0.495 e. The summed E-state index contributed by atoms with van der Waals surface area (Å²) in [5, 5.41) is 0. The van der Waals surface area contributed by atoms with Crippen molar-refractivity contribution in [3.8, 4) is 11.4 Å². The molecule has 3 aromatic rings. The highest BCUT2D eigenvalue weighted by atomic mass is 19.1. The molecule has 3 heterocycles. The van der Waals surface area contributed by atoms with Crippen LogP contribution in [-0.2, 0) is 4.79 Å². The molecule has 5 nitrogen and oxygen atoms in total. The Morgan fingerprint density at radius 1 is 1.15 bits per heavy atom. The summed E-state index contributed by atoms with van der Waals surface area (Å²) < 4.78 is 21.1. The number of fused-ring (bicyclic) bond motifs is 1. The van der Waals surface area contributed by atoms with Crippen molar-refractivity contribution in [1.82, 2.24) is 14.5 Å². The van der Waals surface area contributed by atoms with E-state index in [0.29, 0.717) is 12.2 Å². The van der Waals surface area contributed by atoms with Crippen LogP contribution in [0.3, 0.4) is 0 Å². The van der Waals surface area contributed by atoms with E-state index in [1.165, 1.54) is 12.1 Å². The van der Waals surface area contributed by atoms with Crippen molar-refractivity contribution >= 4 is 12.0 Å². The van der Waals surface area contributed by atoms with Gasteiger partial charge in [-0.05, 0) is 80.5 Å². The van der Waals surface area contributed by atoms with Crippen LogP contribution in [0.5, 0.6) is 5.75 Å². The summed E-state index contributed by atoms with van der Waals surface area (Å²) in [7, 11) is 1.65. The van der Waals surface area contributed by atoms with Gasteiger partial charge < -0.3 is 14.2 Å². The van der Waals surface area contributed by atoms with Gasteiger partial charge in [0.15, 0.2) is 0 Å². The maximum atomic E-state index is 13.8. The highest BCUT2D eigenvalue weighted by Gasteiger charge is 2.34. The normalized spacial score (nSPS) is 19.6. The van der Waals surface area contributed by atoms with E-state index in [-0.39, 0.29) is 17.8 Å². The number of amides is 1. The quantitative estimate of drug-likeness (QED) is 0.442. The standard InChI is InChI=1S/C28H28FN3O2/c1-19-17-31(18-30-19)26-14-9-20(16-27(26)34-2)15-22-5-3-6-24-7-4-8-25(32(24)28(22)33)21-10-12-23(29)13-11-21/h6,9-18,25H,3-5,7-8H2,1-2H3/t25-/m1/s1. The third-order valence-corrected chi connectivity index (χ3v) is 6.61. The molecule has 34 heavy (non-hydrogen) atoms. The highest BCUT2D eigenvalue weighted by molar-refractivity contribution is 5.99. The number of halogens is 1. The third kappa shape index (κ3) is 4.28. The van der Waals surface area contributed by atoms with Gasteiger partial charge in [0.1, 0.15) is 11.6 Å². The van der Waals surface area contributed by atoms with Crippen LogP contribution < -0.4 is 4.74 Å². The topological polar surface area (TPSA) is 47.4 Å². The smallest absolute Gasteiger partial charge is 0.254 e. The molecule has 0 saturated carbocycles. The lowest BCUT2D eigenvalue weighted by molar-refractivity contribution is -0.128. The number of piperidine rings is 1. The minimum absolute atomic E-state index is 0.0334. The Bertz CT molecular complexity index is 1270. The molecular weight excluding hydrogens is 429 g/mol. The SMILES string of the molecule is COc1cc(C=C2CCC=C3CCC[C@H](c4ccc(F)cc4)N3C2=O)ccc1-n1cnc(C)c1. The average Bonchev–Trinajstić information content (AvgIpc) is 3.22. The summed E-state index contributed by atoms with van der Waals surface area (Å²) in [5.74, 6) is 0.487. The molecule has 6 heteroatoms. The number of carbonyl (C=O) groups excluding carboxylic acids is 1. The molecule has 1 atom stereocenters. The van der Waals surface area contributed by atoms with Crippen LogP contribution >= 0.6 is 0 Å². The van der Waals surface area contributed by atoms with Gasteiger partial charge in [-0.2, -0.15) is 0 Å². The molecule has 2 aliphatic rings. The molecule has 0 unspecified atom stereocenters. The summed E-state index contributed by atoms with van der Waals surface area (Å²) in [5.41, 5.74) is 5.57. The Hall–Kier alpha value is -3.67. The van der Waals surface area contributed by atoms with E-state index in [9.17, 15) is 9.18 Å². The van der Waals surface area contributed by atoms with Gasteiger partial charge in [0, 0.05) is 17.5 Å². The fourth-order valence-electron chi connectivity index (χ4n) is 4.94. The maximum Gasteiger partial charge on any atom is 0.254 e. The van der Waals surface area contributed by atoms with Crippen LogP contribution in [0.15, 0.2) is 72.3 Å². The van der Waals surface area contributed by atoms with Crippen molar-refractivity contribution in [2.24, 2.45) is 0 Å². The molecular formula is C28H28FN3O2. The first kappa shape index (κ1) is 22.1. The largest absolute Gasteiger partial charge is 0.495 e. The molecule has 0 radical (unpaired) electrons. The lowest BCUT2D eigenvalue weighted by Gasteiger charge is -2.38. The van der Waals surface area contributed by atoms with Gasteiger partial charge in [-0.3, -0.25) is 4.79 Å². The number of rotatable bonds is 4. The molecule has 1 saturated heterocycles. The molecule has 2 aromatic carbocycles. The van der Waals surface area contributed by atoms with E-state index in [1.54, 1.807) is 25.6 Å². The number of nitrogens with zero attached hydrogens (tertiary/aromatic N) is 3. The second kappa shape index (κ2) is 9.29. The van der Waals surface area contributed by atoms with E-state index < -0.39 is 0 Å². The molecule has 2 aliphatic heterocycles. The van der Waals surface area contributed by atoms with Crippen LogP contribution in [0.2, 0.25) is 0 Å². The van der Waals surface area contributed by atoms with E-state index >= 15 is 0 Å². The van der Waals surface area contributed by atoms with Crippen molar-refractivity contribution in [3.63, 3.8) is 0 Å². The summed E-state index contributed by atoms with van der Waals surface area (Å²) in [6.07, 6.45) is 12.2. The van der Waals surface area contributed by atoms with Crippen molar-refractivity contribution in [1.29, 1.82) is 0 Å². The molecule has 1 fully saturated rings. The Morgan fingerprint density at radius 2 is 1.97 bits per heavy atom. The van der Waals surface area contributed by atoms with E-state index in [0.717, 1.165) is 59.5 Å². The molecule has 1 amide bonds. The minimum atomic E-state index is -0.263. The third-order valence-electron chi connectivity index (χ3n) is 6.61. The fraction of sp³-hybridized carbons (Fsp3) is 0.286. The van der Waals surface area contributed by atoms with Crippen LogP contribution in [0.25, 0.3) is 11.8 Å². The first-order valence-corrected chi connectivity index (χ1v) is 11.7. The zero-order chi connectivity index (χ0) is 23.7. The van der Waals surface area contributed by atoms with Crippen LogP contribution in [0.4, 0.5) is 4.39 Å². The Morgan fingerprint density at radius 3 is 2.71 bits per heavy atom. The number of allylic oxidation sites excluding steroid dienone is 2. The zero-order valence-corrected chi connectivity index (χ0v) is 19.5. The highest BCUT2D eigenvalue weighted by Crippen LogP contribution is 2.40. The first-order valence-electron chi connectivity index (χ1n) is 11.7. The van der Waals surface area contributed by atoms with Crippen molar-refractivity contribution in [2.45, 2.75) is 45.1 Å².